The maximum absolute atomic E-state index is 11.7. The number of carbonyl (C=O) groups excluding carboxylic acids is 2. The first kappa shape index (κ1) is 14.4. The molecule has 2 aromatic rings. The highest BCUT2D eigenvalue weighted by atomic mass is 16.5. The lowest BCUT2D eigenvalue weighted by molar-refractivity contribution is -0.119. The summed E-state index contributed by atoms with van der Waals surface area (Å²) >= 11 is 0. The van der Waals surface area contributed by atoms with Crippen LogP contribution in [0.2, 0.25) is 0 Å². The van der Waals surface area contributed by atoms with Gasteiger partial charge in [0.15, 0.2) is 18.1 Å². The van der Waals surface area contributed by atoms with Crippen molar-refractivity contribution in [3.8, 4) is 0 Å². The Balaban J connectivity index is 1.88. The number of carbonyl (C=O) groups is 2. The average molecular weight is 286 g/mol. The van der Waals surface area contributed by atoms with Crippen LogP contribution in [0.1, 0.15) is 16.1 Å². The van der Waals surface area contributed by atoms with E-state index in [1.807, 2.05) is 19.1 Å². The van der Waals surface area contributed by atoms with Gasteiger partial charge in [-0.1, -0.05) is 17.7 Å². The molecule has 0 saturated heterocycles. The van der Waals surface area contributed by atoms with E-state index in [2.05, 4.69) is 15.3 Å². The second-order valence-corrected chi connectivity index (χ2v) is 4.28. The molecule has 7 heteroatoms. The monoisotopic (exact) mass is 286 g/mol. The van der Waals surface area contributed by atoms with E-state index in [9.17, 15) is 9.59 Å². The highest BCUT2D eigenvalue weighted by Gasteiger charge is 2.15. The Labute approximate surface area is 121 Å². The van der Waals surface area contributed by atoms with E-state index < -0.39 is 18.5 Å². The largest absolute Gasteiger partial charge is 0.451 e. The molecule has 1 aromatic heterocycles. The third-order valence-electron chi connectivity index (χ3n) is 2.59. The maximum Gasteiger partial charge on any atom is 0.361 e. The summed E-state index contributed by atoms with van der Waals surface area (Å²) in [5, 5.41) is 2.61. The Morgan fingerprint density at radius 3 is 2.52 bits per heavy atom. The van der Waals surface area contributed by atoms with Crippen molar-refractivity contribution in [2.75, 3.05) is 17.7 Å². The van der Waals surface area contributed by atoms with E-state index in [4.69, 9.17) is 10.5 Å². The number of amides is 1. The lowest BCUT2D eigenvalue weighted by Gasteiger charge is -2.07. The minimum Gasteiger partial charge on any atom is -0.451 e. The molecule has 0 atom stereocenters. The summed E-state index contributed by atoms with van der Waals surface area (Å²) in [6.45, 7) is 1.52. The number of hydrogen-bond acceptors (Lipinski definition) is 6. The van der Waals surface area contributed by atoms with Gasteiger partial charge in [0.05, 0.1) is 0 Å². The Morgan fingerprint density at radius 1 is 1.19 bits per heavy atom. The summed E-state index contributed by atoms with van der Waals surface area (Å²) in [6.07, 6.45) is 2.68. The van der Waals surface area contributed by atoms with Gasteiger partial charge in [-0.3, -0.25) is 4.79 Å². The fourth-order valence-corrected chi connectivity index (χ4v) is 1.54. The zero-order valence-corrected chi connectivity index (χ0v) is 11.4. The molecule has 0 aliphatic heterocycles. The van der Waals surface area contributed by atoms with Crippen LogP contribution in [0.3, 0.4) is 0 Å². The summed E-state index contributed by atoms with van der Waals surface area (Å²) in [6, 6.07) is 7.25. The van der Waals surface area contributed by atoms with Gasteiger partial charge in [0.1, 0.15) is 0 Å². The number of nitrogens with zero attached hydrogens (tertiary/aromatic N) is 2. The second-order valence-electron chi connectivity index (χ2n) is 4.28. The fourth-order valence-electron chi connectivity index (χ4n) is 1.54. The molecule has 3 N–H and O–H groups in total. The Morgan fingerprint density at radius 2 is 1.86 bits per heavy atom. The molecule has 0 fully saturated rings. The molecule has 0 unspecified atom stereocenters. The first-order chi connectivity index (χ1) is 10.1. The Bertz CT molecular complexity index is 656. The van der Waals surface area contributed by atoms with Crippen molar-refractivity contribution in [3.63, 3.8) is 0 Å². The van der Waals surface area contributed by atoms with Crippen molar-refractivity contribution in [1.29, 1.82) is 0 Å². The molecule has 2 rings (SSSR count). The van der Waals surface area contributed by atoms with Crippen molar-refractivity contribution in [2.24, 2.45) is 0 Å². The first-order valence-electron chi connectivity index (χ1n) is 6.16. The van der Waals surface area contributed by atoms with Gasteiger partial charge in [0.2, 0.25) is 0 Å². The van der Waals surface area contributed by atoms with Crippen LogP contribution in [-0.2, 0) is 9.53 Å². The molecule has 1 aromatic carbocycles. The maximum atomic E-state index is 11.7. The van der Waals surface area contributed by atoms with Crippen molar-refractivity contribution < 1.29 is 14.3 Å². The molecular formula is C14H14N4O3. The number of nitrogens with two attached hydrogens (primary N) is 1. The van der Waals surface area contributed by atoms with Gasteiger partial charge in [-0.2, -0.15) is 0 Å². The van der Waals surface area contributed by atoms with E-state index in [-0.39, 0.29) is 11.5 Å². The molecule has 21 heavy (non-hydrogen) atoms. The molecule has 0 bridgehead atoms. The van der Waals surface area contributed by atoms with Crippen LogP contribution in [0.4, 0.5) is 11.5 Å². The van der Waals surface area contributed by atoms with Crippen LogP contribution >= 0.6 is 0 Å². The number of benzene rings is 1. The van der Waals surface area contributed by atoms with Crippen LogP contribution in [0.15, 0.2) is 36.7 Å². The lowest BCUT2D eigenvalue weighted by Crippen LogP contribution is -2.22. The zero-order chi connectivity index (χ0) is 15.2. The third kappa shape index (κ3) is 4.00. The Kier molecular flexibility index (Phi) is 4.45. The van der Waals surface area contributed by atoms with Gasteiger partial charge < -0.3 is 15.8 Å². The molecule has 0 spiro atoms. The average Bonchev–Trinajstić information content (AvgIpc) is 2.48. The van der Waals surface area contributed by atoms with E-state index in [0.717, 1.165) is 5.56 Å². The minimum absolute atomic E-state index is 0.0403. The standard InChI is InChI=1S/C14H14N4O3/c1-9-2-4-10(5-3-9)18-11(19)8-21-14(20)12-13(15)17-7-6-16-12/h2-7H,8H2,1H3,(H2,15,17)(H,18,19). The molecule has 0 radical (unpaired) electrons. The smallest absolute Gasteiger partial charge is 0.361 e. The number of aryl methyl sites for hydroxylation is 1. The van der Waals surface area contributed by atoms with E-state index >= 15 is 0 Å². The molecule has 0 saturated carbocycles. The van der Waals surface area contributed by atoms with Gasteiger partial charge in [0.25, 0.3) is 5.91 Å². The highest BCUT2D eigenvalue weighted by Crippen LogP contribution is 2.09. The lowest BCUT2D eigenvalue weighted by atomic mass is 10.2. The number of nitrogens with one attached hydrogen (secondary N) is 1. The quantitative estimate of drug-likeness (QED) is 0.817. The van der Waals surface area contributed by atoms with Crippen molar-refractivity contribution >= 4 is 23.4 Å². The number of nitrogen functional groups attached to an aromatic ring is 1. The van der Waals surface area contributed by atoms with E-state index in [1.165, 1.54) is 12.4 Å². The van der Waals surface area contributed by atoms with Gasteiger partial charge in [-0.05, 0) is 19.1 Å². The molecule has 0 aliphatic rings. The molecular weight excluding hydrogens is 272 g/mol. The van der Waals surface area contributed by atoms with E-state index in [1.54, 1.807) is 12.1 Å². The van der Waals surface area contributed by atoms with Crippen molar-refractivity contribution in [2.45, 2.75) is 6.92 Å². The predicted molar refractivity (Wildman–Crippen MR) is 76.5 cm³/mol. The summed E-state index contributed by atoms with van der Waals surface area (Å²) in [7, 11) is 0. The molecule has 7 nitrogen and oxygen atoms in total. The number of ether oxygens (including phenoxy) is 1. The first-order valence-corrected chi connectivity index (χ1v) is 6.16. The normalized spacial score (nSPS) is 9.95. The van der Waals surface area contributed by atoms with Crippen LogP contribution in [0.5, 0.6) is 0 Å². The summed E-state index contributed by atoms with van der Waals surface area (Å²) in [5.41, 5.74) is 7.09. The minimum atomic E-state index is -0.792. The van der Waals surface area contributed by atoms with Crippen LogP contribution in [0.25, 0.3) is 0 Å². The van der Waals surface area contributed by atoms with Gasteiger partial charge >= 0.3 is 5.97 Å². The summed E-state index contributed by atoms with van der Waals surface area (Å²) in [4.78, 5) is 30.8. The molecule has 1 heterocycles. The van der Waals surface area contributed by atoms with Gasteiger partial charge in [0, 0.05) is 18.1 Å². The third-order valence-corrected chi connectivity index (χ3v) is 2.59. The van der Waals surface area contributed by atoms with Crippen LogP contribution < -0.4 is 11.1 Å². The zero-order valence-electron chi connectivity index (χ0n) is 11.4. The predicted octanol–water partition coefficient (Wildman–Crippen LogP) is 1.16. The number of esters is 1. The van der Waals surface area contributed by atoms with E-state index in [0.29, 0.717) is 5.69 Å². The van der Waals surface area contributed by atoms with Crippen LogP contribution in [0, 0.1) is 6.92 Å². The van der Waals surface area contributed by atoms with Crippen molar-refractivity contribution in [1.82, 2.24) is 9.97 Å². The second kappa shape index (κ2) is 6.47. The molecule has 0 aliphatic carbocycles. The SMILES string of the molecule is Cc1ccc(NC(=O)COC(=O)c2nccnc2N)cc1. The number of aromatic nitrogens is 2. The van der Waals surface area contributed by atoms with Gasteiger partial charge in [-0.15, -0.1) is 0 Å². The number of rotatable bonds is 4. The van der Waals surface area contributed by atoms with Crippen LogP contribution in [-0.4, -0.2) is 28.5 Å². The number of hydrogen-bond donors (Lipinski definition) is 2. The summed E-state index contributed by atoms with van der Waals surface area (Å²) < 4.78 is 4.83. The topological polar surface area (TPSA) is 107 Å². The Hall–Kier alpha value is -2.96. The van der Waals surface area contributed by atoms with Crippen molar-refractivity contribution in [3.05, 3.63) is 47.9 Å². The molecule has 108 valence electrons. The highest BCUT2D eigenvalue weighted by molar-refractivity contribution is 5.96. The fraction of sp³-hybridized carbons (Fsp3) is 0.143. The molecule has 1 amide bonds. The number of anilines is 2. The van der Waals surface area contributed by atoms with Gasteiger partial charge in [-0.25, -0.2) is 14.8 Å². The summed E-state index contributed by atoms with van der Waals surface area (Å²) in [5.74, 6) is -1.28.